The lowest BCUT2D eigenvalue weighted by Gasteiger charge is -2.09. The number of benzene rings is 3. The van der Waals surface area contributed by atoms with Crippen LogP contribution in [0.15, 0.2) is 91.0 Å². The minimum absolute atomic E-state index is 0.000851. The van der Waals surface area contributed by atoms with E-state index >= 15 is 0 Å². The number of hydrogen-bond donors (Lipinski definition) is 0. The first-order chi connectivity index (χ1) is 17.1. The Hall–Kier alpha value is -4.65. The average molecular weight is 469 g/mol. The van der Waals surface area contributed by atoms with Gasteiger partial charge in [-0.05, 0) is 35.9 Å². The van der Waals surface area contributed by atoms with Gasteiger partial charge in [-0.15, -0.1) is 0 Å². The van der Waals surface area contributed by atoms with Crippen molar-refractivity contribution in [3.8, 4) is 22.7 Å². The molecule has 1 heterocycles. The summed E-state index contributed by atoms with van der Waals surface area (Å²) in [6, 6.07) is 26.1. The zero-order valence-corrected chi connectivity index (χ0v) is 19.4. The molecule has 0 bridgehead atoms. The summed E-state index contributed by atoms with van der Waals surface area (Å²) in [6.45, 7) is 0.294. The number of hydrogen-bond acceptors (Lipinski definition) is 6. The number of carbonyl (C=O) groups is 2. The fourth-order valence-corrected chi connectivity index (χ4v) is 3.62. The standard InChI is InChI=1S/C28H24N2O5/c1-33-27(31)24-25(29-30(26(24)28(32)34-2)21-15-7-4-8-16-21)22-17-9-10-18-23(22)35-19-11-14-20-12-5-3-6-13-20/h3-18H,19H2,1-2H3. The maximum absolute atomic E-state index is 12.9. The quantitative estimate of drug-likeness (QED) is 0.331. The van der Waals surface area contributed by atoms with Crippen LogP contribution >= 0.6 is 0 Å². The fraction of sp³-hybridized carbons (Fsp3) is 0.107. The monoisotopic (exact) mass is 468 g/mol. The molecule has 0 amide bonds. The molecule has 0 radical (unpaired) electrons. The third kappa shape index (κ3) is 5.14. The highest BCUT2D eigenvalue weighted by Crippen LogP contribution is 2.35. The number of nitrogens with zero attached hydrogens (tertiary/aromatic N) is 2. The van der Waals surface area contributed by atoms with Crippen LogP contribution in [0.1, 0.15) is 26.4 Å². The van der Waals surface area contributed by atoms with E-state index < -0.39 is 11.9 Å². The molecule has 0 saturated carbocycles. The highest BCUT2D eigenvalue weighted by Gasteiger charge is 2.32. The molecule has 0 spiro atoms. The molecule has 176 valence electrons. The first-order valence-electron chi connectivity index (χ1n) is 10.9. The van der Waals surface area contributed by atoms with Crippen LogP contribution in [-0.4, -0.2) is 42.5 Å². The summed E-state index contributed by atoms with van der Waals surface area (Å²) in [5.74, 6) is -0.914. The molecular weight excluding hydrogens is 444 g/mol. The zero-order valence-electron chi connectivity index (χ0n) is 19.4. The summed E-state index contributed by atoms with van der Waals surface area (Å²) in [5, 5.41) is 4.64. The summed E-state index contributed by atoms with van der Waals surface area (Å²) in [7, 11) is 2.51. The lowest BCUT2D eigenvalue weighted by molar-refractivity contribution is 0.0549. The summed E-state index contributed by atoms with van der Waals surface area (Å²) < 4.78 is 17.4. The Morgan fingerprint density at radius 2 is 1.46 bits per heavy atom. The van der Waals surface area contributed by atoms with E-state index in [1.54, 1.807) is 24.3 Å². The van der Waals surface area contributed by atoms with Gasteiger partial charge in [-0.1, -0.05) is 66.7 Å². The maximum atomic E-state index is 12.9. The fourth-order valence-electron chi connectivity index (χ4n) is 3.62. The van der Waals surface area contributed by atoms with Gasteiger partial charge < -0.3 is 14.2 Å². The predicted molar refractivity (Wildman–Crippen MR) is 133 cm³/mol. The van der Waals surface area contributed by atoms with Gasteiger partial charge in [0.05, 0.1) is 19.9 Å². The van der Waals surface area contributed by atoms with Crippen molar-refractivity contribution in [2.75, 3.05) is 20.8 Å². The van der Waals surface area contributed by atoms with Gasteiger partial charge in [-0.25, -0.2) is 14.3 Å². The molecule has 0 aliphatic heterocycles. The second-order valence-electron chi connectivity index (χ2n) is 7.42. The Kier molecular flexibility index (Phi) is 7.37. The predicted octanol–water partition coefficient (Wildman–Crippen LogP) is 5.20. The van der Waals surface area contributed by atoms with Gasteiger partial charge in [0, 0.05) is 5.56 Å². The molecule has 35 heavy (non-hydrogen) atoms. The summed E-state index contributed by atoms with van der Waals surface area (Å²) >= 11 is 0. The van der Waals surface area contributed by atoms with E-state index in [-0.39, 0.29) is 17.0 Å². The van der Waals surface area contributed by atoms with E-state index in [1.165, 1.54) is 18.9 Å². The summed E-state index contributed by atoms with van der Waals surface area (Å²) in [4.78, 5) is 25.7. The molecule has 4 rings (SSSR count). The van der Waals surface area contributed by atoms with Crippen molar-refractivity contribution in [3.05, 3.63) is 108 Å². The van der Waals surface area contributed by atoms with E-state index in [0.29, 0.717) is 23.6 Å². The van der Waals surface area contributed by atoms with Gasteiger partial charge in [0.25, 0.3) is 0 Å². The highest BCUT2D eigenvalue weighted by atomic mass is 16.5. The van der Waals surface area contributed by atoms with E-state index in [0.717, 1.165) is 5.56 Å². The van der Waals surface area contributed by atoms with E-state index in [1.807, 2.05) is 72.8 Å². The van der Waals surface area contributed by atoms with Crippen molar-refractivity contribution in [1.82, 2.24) is 9.78 Å². The Labute approximate surface area is 203 Å². The van der Waals surface area contributed by atoms with Gasteiger partial charge in [-0.3, -0.25) is 0 Å². The number of ether oxygens (including phenoxy) is 3. The number of carbonyl (C=O) groups excluding carboxylic acids is 2. The largest absolute Gasteiger partial charge is 0.489 e. The van der Waals surface area contributed by atoms with E-state index in [4.69, 9.17) is 14.2 Å². The second-order valence-corrected chi connectivity index (χ2v) is 7.42. The highest BCUT2D eigenvalue weighted by molar-refractivity contribution is 6.07. The summed E-state index contributed by atoms with van der Waals surface area (Å²) in [6.07, 6.45) is 3.86. The van der Waals surface area contributed by atoms with Crippen molar-refractivity contribution >= 4 is 18.0 Å². The Bertz CT molecular complexity index is 1340. The molecule has 0 unspecified atom stereocenters. The molecule has 7 heteroatoms. The molecule has 0 saturated heterocycles. The molecular formula is C28H24N2O5. The second kappa shape index (κ2) is 11.0. The SMILES string of the molecule is COC(=O)c1c(-c2ccccc2OCC=Cc2ccccc2)nn(-c2ccccc2)c1C(=O)OC. The molecule has 4 aromatic rings. The van der Waals surface area contributed by atoms with Crippen molar-refractivity contribution in [2.45, 2.75) is 0 Å². The normalized spacial score (nSPS) is 10.8. The number of rotatable bonds is 8. The van der Waals surface area contributed by atoms with Crippen molar-refractivity contribution < 1.29 is 23.8 Å². The number of esters is 2. The molecule has 3 aromatic carbocycles. The lowest BCUT2D eigenvalue weighted by Crippen LogP contribution is -2.15. The van der Waals surface area contributed by atoms with E-state index in [2.05, 4.69) is 5.10 Å². The Morgan fingerprint density at radius 1 is 0.829 bits per heavy atom. The topological polar surface area (TPSA) is 79.7 Å². The Morgan fingerprint density at radius 3 is 2.14 bits per heavy atom. The van der Waals surface area contributed by atoms with Crippen LogP contribution in [-0.2, 0) is 9.47 Å². The van der Waals surface area contributed by atoms with Crippen molar-refractivity contribution in [1.29, 1.82) is 0 Å². The lowest BCUT2D eigenvalue weighted by atomic mass is 10.0. The van der Waals surface area contributed by atoms with Gasteiger partial charge >= 0.3 is 11.9 Å². The average Bonchev–Trinajstić information content (AvgIpc) is 3.32. The molecule has 0 aliphatic rings. The van der Waals surface area contributed by atoms with Gasteiger partial charge in [0.15, 0.2) is 5.69 Å². The minimum Gasteiger partial charge on any atom is -0.489 e. The van der Waals surface area contributed by atoms with Crippen LogP contribution < -0.4 is 4.74 Å². The smallest absolute Gasteiger partial charge is 0.357 e. The molecule has 0 atom stereocenters. The summed E-state index contributed by atoms with van der Waals surface area (Å²) in [5.41, 5.74) is 2.41. The van der Waals surface area contributed by atoms with Crippen LogP contribution in [0.4, 0.5) is 0 Å². The first-order valence-corrected chi connectivity index (χ1v) is 10.9. The molecule has 1 aromatic heterocycles. The Balaban J connectivity index is 1.78. The van der Waals surface area contributed by atoms with Crippen molar-refractivity contribution in [3.63, 3.8) is 0 Å². The van der Waals surface area contributed by atoms with Crippen LogP contribution in [0.2, 0.25) is 0 Å². The van der Waals surface area contributed by atoms with Gasteiger partial charge in [0.1, 0.15) is 23.6 Å². The van der Waals surface area contributed by atoms with Gasteiger partial charge in [0.2, 0.25) is 0 Å². The van der Waals surface area contributed by atoms with Gasteiger partial charge in [-0.2, -0.15) is 5.10 Å². The number of aromatic nitrogens is 2. The number of methoxy groups -OCH3 is 2. The van der Waals surface area contributed by atoms with Crippen LogP contribution in [0.25, 0.3) is 23.0 Å². The first kappa shape index (κ1) is 23.5. The van der Waals surface area contributed by atoms with Crippen LogP contribution in [0, 0.1) is 0 Å². The molecule has 0 N–H and O–H groups in total. The van der Waals surface area contributed by atoms with Crippen molar-refractivity contribution in [2.24, 2.45) is 0 Å². The minimum atomic E-state index is -0.711. The third-order valence-electron chi connectivity index (χ3n) is 5.24. The maximum Gasteiger partial charge on any atom is 0.357 e. The molecule has 0 aliphatic carbocycles. The zero-order chi connectivity index (χ0) is 24.6. The van der Waals surface area contributed by atoms with Crippen LogP contribution in [0.3, 0.4) is 0 Å². The molecule has 7 nitrogen and oxygen atoms in total. The van der Waals surface area contributed by atoms with E-state index in [9.17, 15) is 9.59 Å². The molecule has 0 fully saturated rings. The third-order valence-corrected chi connectivity index (χ3v) is 5.24. The number of para-hydroxylation sites is 2. The van der Waals surface area contributed by atoms with Crippen LogP contribution in [0.5, 0.6) is 5.75 Å².